The van der Waals surface area contributed by atoms with E-state index in [1.165, 1.54) is 28.6 Å². The number of halogens is 1. The molecule has 1 aliphatic heterocycles. The van der Waals surface area contributed by atoms with E-state index >= 15 is 0 Å². The van der Waals surface area contributed by atoms with E-state index in [9.17, 15) is 12.8 Å². The van der Waals surface area contributed by atoms with Gasteiger partial charge in [0.05, 0.1) is 10.9 Å². The molecule has 0 radical (unpaired) electrons. The van der Waals surface area contributed by atoms with E-state index in [0.717, 1.165) is 18.4 Å². The highest BCUT2D eigenvalue weighted by Crippen LogP contribution is 2.36. The van der Waals surface area contributed by atoms with Crippen LogP contribution in [0.5, 0.6) is 0 Å². The lowest BCUT2D eigenvalue weighted by Crippen LogP contribution is -2.30. The Morgan fingerprint density at radius 2 is 1.67 bits per heavy atom. The quantitative estimate of drug-likeness (QED) is 0.872. The van der Waals surface area contributed by atoms with Gasteiger partial charge in [-0.05, 0) is 42.7 Å². The van der Waals surface area contributed by atoms with E-state index in [2.05, 4.69) is 0 Å². The second kappa shape index (κ2) is 5.58. The standard InChI is InChI=1S/C16H16FNO2S/c17-14-8-10-15(11-9-14)21(19,20)18-12-4-7-16(18)13-5-2-1-3-6-13/h1-3,5-6,8-11,16H,4,7,12H2/t16-/m0/s1. The third-order valence-corrected chi connectivity index (χ3v) is 5.73. The van der Waals surface area contributed by atoms with Gasteiger partial charge in [-0.3, -0.25) is 0 Å². The van der Waals surface area contributed by atoms with Crippen LogP contribution in [-0.4, -0.2) is 19.3 Å². The summed E-state index contributed by atoms with van der Waals surface area (Å²) in [4.78, 5) is 0.145. The molecular formula is C16H16FNO2S. The molecule has 0 aromatic heterocycles. The van der Waals surface area contributed by atoms with Gasteiger partial charge in [0, 0.05) is 6.54 Å². The minimum Gasteiger partial charge on any atom is -0.207 e. The van der Waals surface area contributed by atoms with Crippen LogP contribution in [0.15, 0.2) is 59.5 Å². The summed E-state index contributed by atoms with van der Waals surface area (Å²) in [5.41, 5.74) is 1.00. The average molecular weight is 305 g/mol. The van der Waals surface area contributed by atoms with Gasteiger partial charge in [0.15, 0.2) is 0 Å². The Hall–Kier alpha value is -1.72. The zero-order chi connectivity index (χ0) is 14.9. The van der Waals surface area contributed by atoms with Crippen LogP contribution < -0.4 is 0 Å². The predicted octanol–water partition coefficient (Wildman–Crippen LogP) is 3.35. The summed E-state index contributed by atoms with van der Waals surface area (Å²) >= 11 is 0. The maximum atomic E-state index is 13.0. The van der Waals surface area contributed by atoms with Crippen molar-refractivity contribution in [1.29, 1.82) is 0 Å². The molecule has 1 fully saturated rings. The van der Waals surface area contributed by atoms with Gasteiger partial charge in [0.2, 0.25) is 10.0 Å². The molecule has 1 aliphatic rings. The van der Waals surface area contributed by atoms with Crippen LogP contribution in [0.3, 0.4) is 0 Å². The number of hydrogen-bond acceptors (Lipinski definition) is 2. The van der Waals surface area contributed by atoms with Crippen LogP contribution in [0.25, 0.3) is 0 Å². The predicted molar refractivity (Wildman–Crippen MR) is 78.7 cm³/mol. The van der Waals surface area contributed by atoms with E-state index < -0.39 is 15.8 Å². The van der Waals surface area contributed by atoms with E-state index in [1.54, 1.807) is 0 Å². The number of sulfonamides is 1. The summed E-state index contributed by atoms with van der Waals surface area (Å²) in [5, 5.41) is 0. The van der Waals surface area contributed by atoms with Crippen LogP contribution in [-0.2, 0) is 10.0 Å². The first-order valence-corrected chi connectivity index (χ1v) is 8.35. The van der Waals surface area contributed by atoms with E-state index in [1.807, 2.05) is 30.3 Å². The topological polar surface area (TPSA) is 37.4 Å². The lowest BCUT2D eigenvalue weighted by Gasteiger charge is -2.24. The first kappa shape index (κ1) is 14.2. The summed E-state index contributed by atoms with van der Waals surface area (Å²) in [6, 6.07) is 14.5. The molecule has 1 saturated heterocycles. The van der Waals surface area contributed by atoms with Gasteiger partial charge in [-0.2, -0.15) is 4.31 Å². The fraction of sp³-hybridized carbons (Fsp3) is 0.250. The lowest BCUT2D eigenvalue weighted by molar-refractivity contribution is 0.396. The van der Waals surface area contributed by atoms with Crippen LogP contribution in [0.1, 0.15) is 24.4 Å². The minimum absolute atomic E-state index is 0.138. The van der Waals surface area contributed by atoms with Crippen LogP contribution in [0, 0.1) is 5.82 Å². The second-order valence-electron chi connectivity index (χ2n) is 5.14. The summed E-state index contributed by atoms with van der Waals surface area (Å²) in [6.07, 6.45) is 1.64. The van der Waals surface area contributed by atoms with Gasteiger partial charge in [0.1, 0.15) is 5.82 Å². The van der Waals surface area contributed by atoms with Crippen molar-refractivity contribution in [3.8, 4) is 0 Å². The van der Waals surface area contributed by atoms with Crippen molar-refractivity contribution in [3.05, 3.63) is 66.0 Å². The molecule has 21 heavy (non-hydrogen) atoms. The molecule has 0 bridgehead atoms. The third kappa shape index (κ3) is 2.71. The van der Waals surface area contributed by atoms with Crippen molar-refractivity contribution in [3.63, 3.8) is 0 Å². The van der Waals surface area contributed by atoms with Gasteiger partial charge in [-0.15, -0.1) is 0 Å². The molecule has 0 amide bonds. The highest BCUT2D eigenvalue weighted by molar-refractivity contribution is 7.89. The lowest BCUT2D eigenvalue weighted by atomic mass is 10.1. The molecule has 3 rings (SSSR count). The Balaban J connectivity index is 1.96. The molecule has 1 heterocycles. The van der Waals surface area contributed by atoms with E-state index in [-0.39, 0.29) is 10.9 Å². The van der Waals surface area contributed by atoms with Gasteiger partial charge >= 0.3 is 0 Å². The fourth-order valence-electron chi connectivity index (χ4n) is 2.78. The zero-order valence-corrected chi connectivity index (χ0v) is 12.3. The minimum atomic E-state index is -3.59. The SMILES string of the molecule is O=S(=O)(c1ccc(F)cc1)N1CCC[C@H]1c1ccccc1. The first-order valence-electron chi connectivity index (χ1n) is 6.91. The molecule has 110 valence electrons. The molecule has 1 atom stereocenters. The Labute approximate surface area is 124 Å². The molecule has 0 N–H and O–H groups in total. The number of rotatable bonds is 3. The number of hydrogen-bond donors (Lipinski definition) is 0. The van der Waals surface area contributed by atoms with Crippen molar-refractivity contribution in [2.75, 3.05) is 6.54 Å². The summed E-state index contributed by atoms with van der Waals surface area (Å²) in [6.45, 7) is 0.499. The number of nitrogens with zero attached hydrogens (tertiary/aromatic N) is 1. The highest BCUT2D eigenvalue weighted by Gasteiger charge is 2.35. The maximum absolute atomic E-state index is 13.0. The normalized spacial score (nSPS) is 19.8. The second-order valence-corrected chi connectivity index (χ2v) is 7.03. The van der Waals surface area contributed by atoms with Gasteiger partial charge in [0.25, 0.3) is 0 Å². The van der Waals surface area contributed by atoms with Gasteiger partial charge in [-0.25, -0.2) is 12.8 Å². The Bertz CT molecular complexity index is 714. The van der Waals surface area contributed by atoms with Crippen LogP contribution >= 0.6 is 0 Å². The van der Waals surface area contributed by atoms with Crippen LogP contribution in [0.4, 0.5) is 4.39 Å². The Kier molecular flexibility index (Phi) is 3.78. The smallest absolute Gasteiger partial charge is 0.207 e. The maximum Gasteiger partial charge on any atom is 0.243 e. The molecule has 0 unspecified atom stereocenters. The highest BCUT2D eigenvalue weighted by atomic mass is 32.2. The van der Waals surface area contributed by atoms with E-state index in [4.69, 9.17) is 0 Å². The third-order valence-electron chi connectivity index (χ3n) is 3.81. The summed E-state index contributed by atoms with van der Waals surface area (Å²) in [7, 11) is -3.59. The number of benzene rings is 2. The van der Waals surface area contributed by atoms with Crippen molar-refractivity contribution in [2.45, 2.75) is 23.8 Å². The molecule has 3 nitrogen and oxygen atoms in total. The molecular weight excluding hydrogens is 289 g/mol. The van der Waals surface area contributed by atoms with Gasteiger partial charge < -0.3 is 0 Å². The Morgan fingerprint density at radius 1 is 1.00 bits per heavy atom. The van der Waals surface area contributed by atoms with Crippen molar-refractivity contribution >= 4 is 10.0 Å². The zero-order valence-electron chi connectivity index (χ0n) is 11.4. The largest absolute Gasteiger partial charge is 0.243 e. The van der Waals surface area contributed by atoms with Gasteiger partial charge in [-0.1, -0.05) is 30.3 Å². The summed E-state index contributed by atoms with van der Waals surface area (Å²) < 4.78 is 40.0. The molecule has 0 spiro atoms. The molecule has 5 heteroatoms. The fourth-order valence-corrected chi connectivity index (χ4v) is 4.46. The first-order chi connectivity index (χ1) is 10.1. The molecule has 0 saturated carbocycles. The van der Waals surface area contributed by atoms with E-state index in [0.29, 0.717) is 6.54 Å². The average Bonchev–Trinajstić information content (AvgIpc) is 2.99. The van der Waals surface area contributed by atoms with Crippen molar-refractivity contribution in [1.82, 2.24) is 4.31 Å². The van der Waals surface area contributed by atoms with Crippen molar-refractivity contribution < 1.29 is 12.8 Å². The summed E-state index contributed by atoms with van der Waals surface area (Å²) in [5.74, 6) is -0.435. The molecule has 0 aliphatic carbocycles. The van der Waals surface area contributed by atoms with Crippen molar-refractivity contribution in [2.24, 2.45) is 0 Å². The molecule has 2 aromatic carbocycles. The molecule has 2 aromatic rings. The van der Waals surface area contributed by atoms with Crippen LogP contribution in [0.2, 0.25) is 0 Å². The Morgan fingerprint density at radius 3 is 2.33 bits per heavy atom. The monoisotopic (exact) mass is 305 g/mol.